The quantitative estimate of drug-likeness (QED) is 0.463. The smallest absolute Gasteiger partial charge is 0.267 e. The number of fused-ring (bicyclic) bond motifs is 1. The van der Waals surface area contributed by atoms with Crippen LogP contribution < -0.4 is 5.56 Å². The van der Waals surface area contributed by atoms with Crippen molar-refractivity contribution in [3.63, 3.8) is 0 Å². The van der Waals surface area contributed by atoms with Crippen LogP contribution in [0.4, 0.5) is 0 Å². The van der Waals surface area contributed by atoms with Gasteiger partial charge in [0.15, 0.2) is 0 Å². The van der Waals surface area contributed by atoms with Crippen LogP contribution in [0, 0.1) is 0 Å². The van der Waals surface area contributed by atoms with Gasteiger partial charge in [0.1, 0.15) is 11.2 Å². The van der Waals surface area contributed by atoms with E-state index in [9.17, 15) is 4.79 Å². The van der Waals surface area contributed by atoms with Crippen LogP contribution in [-0.4, -0.2) is 15.9 Å². The number of benzene rings is 1. The van der Waals surface area contributed by atoms with Gasteiger partial charge >= 0.3 is 0 Å². The Morgan fingerprint density at radius 2 is 2.00 bits per heavy atom. The van der Waals surface area contributed by atoms with E-state index in [4.69, 9.17) is 0 Å². The number of thiophene rings is 2. The highest BCUT2D eigenvalue weighted by Crippen LogP contribution is 2.33. The van der Waals surface area contributed by atoms with Crippen molar-refractivity contribution in [1.29, 1.82) is 0 Å². The summed E-state index contributed by atoms with van der Waals surface area (Å²) < 4.78 is 1.30. The van der Waals surface area contributed by atoms with Crippen molar-refractivity contribution in [2.75, 3.05) is 0 Å². The summed E-state index contributed by atoms with van der Waals surface area (Å²) in [5.41, 5.74) is 2.82. The lowest BCUT2D eigenvalue weighted by atomic mass is 10.1. The Kier molecular flexibility index (Phi) is 4.60. The van der Waals surface area contributed by atoms with Crippen LogP contribution in [0.15, 0.2) is 75.0 Å². The van der Waals surface area contributed by atoms with E-state index in [1.165, 1.54) is 22.3 Å². The molecule has 0 aliphatic carbocycles. The fraction of sp³-hybridized carbons (Fsp3) is 0.0500. The number of hydrogen-bond donors (Lipinski definition) is 0. The van der Waals surface area contributed by atoms with Gasteiger partial charge in [0.2, 0.25) is 0 Å². The summed E-state index contributed by atoms with van der Waals surface area (Å²) in [6.45, 7) is 1.95. The molecule has 6 heteroatoms. The second-order valence-corrected chi connectivity index (χ2v) is 7.55. The van der Waals surface area contributed by atoms with Crippen molar-refractivity contribution in [2.24, 2.45) is 5.10 Å². The third-order valence-corrected chi connectivity index (χ3v) is 5.63. The average Bonchev–Trinajstić information content (AvgIpc) is 3.31. The highest BCUT2D eigenvalue weighted by molar-refractivity contribution is 7.18. The first-order chi connectivity index (χ1) is 12.7. The molecule has 0 atom stereocenters. The monoisotopic (exact) mass is 377 g/mol. The van der Waals surface area contributed by atoms with Gasteiger partial charge in [-0.3, -0.25) is 4.79 Å². The van der Waals surface area contributed by atoms with Gasteiger partial charge in [0.05, 0.1) is 11.6 Å². The van der Waals surface area contributed by atoms with Crippen LogP contribution in [0.1, 0.15) is 12.5 Å². The van der Waals surface area contributed by atoms with E-state index in [1.54, 1.807) is 17.6 Å². The number of nitrogens with zero attached hydrogens (tertiary/aromatic N) is 3. The number of rotatable bonds is 4. The van der Waals surface area contributed by atoms with Gasteiger partial charge < -0.3 is 0 Å². The van der Waals surface area contributed by atoms with Crippen molar-refractivity contribution in [1.82, 2.24) is 9.66 Å². The standard InChI is InChI=1S/C20H15N3OS2/c1-14(10-15-6-3-2-4-7-15)11-22-23-13-21-19-18(20(23)24)16(12-26-19)17-8-5-9-25-17/h2-13H,1H3/b14-10+,22-11-. The average molecular weight is 377 g/mol. The number of aromatic nitrogens is 2. The molecule has 0 spiro atoms. The number of hydrogen-bond acceptors (Lipinski definition) is 5. The van der Waals surface area contributed by atoms with E-state index in [1.807, 2.05) is 66.2 Å². The van der Waals surface area contributed by atoms with Crippen molar-refractivity contribution in [2.45, 2.75) is 6.92 Å². The Hall–Kier alpha value is -2.83. The zero-order chi connectivity index (χ0) is 17.9. The molecule has 0 unspecified atom stereocenters. The SMILES string of the molecule is CC(/C=N\n1cnc2scc(-c3cccs3)c2c1=O)=C\c1ccccc1. The van der Waals surface area contributed by atoms with Crippen molar-refractivity contribution >= 4 is 45.2 Å². The van der Waals surface area contributed by atoms with Crippen molar-refractivity contribution in [3.8, 4) is 10.4 Å². The summed E-state index contributed by atoms with van der Waals surface area (Å²) in [4.78, 5) is 19.1. The summed E-state index contributed by atoms with van der Waals surface area (Å²) in [6.07, 6.45) is 5.17. The minimum absolute atomic E-state index is 0.150. The topological polar surface area (TPSA) is 47.2 Å². The van der Waals surface area contributed by atoms with Crippen LogP contribution in [0.3, 0.4) is 0 Å². The fourth-order valence-electron chi connectivity index (χ4n) is 2.62. The predicted octanol–water partition coefficient (Wildman–Crippen LogP) is 5.12. The molecule has 0 amide bonds. The molecule has 3 aromatic heterocycles. The van der Waals surface area contributed by atoms with Gasteiger partial charge in [-0.2, -0.15) is 9.78 Å². The maximum Gasteiger partial charge on any atom is 0.283 e. The highest BCUT2D eigenvalue weighted by Gasteiger charge is 2.13. The molecule has 0 fully saturated rings. The maximum absolute atomic E-state index is 12.9. The van der Waals surface area contributed by atoms with Crippen LogP contribution in [-0.2, 0) is 0 Å². The lowest BCUT2D eigenvalue weighted by Crippen LogP contribution is -2.16. The second kappa shape index (κ2) is 7.19. The lowest BCUT2D eigenvalue weighted by Gasteiger charge is -2.00. The first-order valence-corrected chi connectivity index (χ1v) is 9.79. The lowest BCUT2D eigenvalue weighted by molar-refractivity contribution is 0.818. The first kappa shape index (κ1) is 16.6. The van der Waals surface area contributed by atoms with E-state index >= 15 is 0 Å². The van der Waals surface area contributed by atoms with E-state index in [-0.39, 0.29) is 5.56 Å². The summed E-state index contributed by atoms with van der Waals surface area (Å²) in [5.74, 6) is 0. The molecule has 1 aromatic carbocycles. The van der Waals surface area contributed by atoms with Gasteiger partial charge in [-0.1, -0.05) is 42.5 Å². The van der Waals surface area contributed by atoms with Crippen LogP contribution in [0.2, 0.25) is 0 Å². The summed E-state index contributed by atoms with van der Waals surface area (Å²) in [5, 5.41) is 8.93. The van der Waals surface area contributed by atoms with Crippen LogP contribution in [0.25, 0.3) is 26.7 Å². The largest absolute Gasteiger partial charge is 0.283 e. The molecule has 26 heavy (non-hydrogen) atoms. The fourth-order valence-corrected chi connectivity index (χ4v) is 4.34. The molecule has 4 rings (SSSR count). The third-order valence-electron chi connectivity index (χ3n) is 3.84. The molecule has 0 aliphatic rings. The first-order valence-electron chi connectivity index (χ1n) is 8.03. The van der Waals surface area contributed by atoms with Crippen LogP contribution >= 0.6 is 22.7 Å². The van der Waals surface area contributed by atoms with E-state index < -0.39 is 0 Å². The van der Waals surface area contributed by atoms with Crippen molar-refractivity contribution < 1.29 is 0 Å². The van der Waals surface area contributed by atoms with Gasteiger partial charge in [-0.25, -0.2) is 4.98 Å². The summed E-state index contributed by atoms with van der Waals surface area (Å²) >= 11 is 3.09. The van der Waals surface area contributed by atoms with Gasteiger partial charge in [0, 0.05) is 15.8 Å². The minimum Gasteiger partial charge on any atom is -0.267 e. The summed E-state index contributed by atoms with van der Waals surface area (Å²) in [6, 6.07) is 14.0. The normalized spacial score (nSPS) is 12.3. The molecule has 0 N–H and O–H groups in total. The molecule has 4 nitrogen and oxygen atoms in total. The number of allylic oxidation sites excluding steroid dienone is 1. The third kappa shape index (κ3) is 3.29. The molecule has 4 aromatic rings. The highest BCUT2D eigenvalue weighted by atomic mass is 32.1. The zero-order valence-corrected chi connectivity index (χ0v) is 15.6. The van der Waals surface area contributed by atoms with Crippen molar-refractivity contribution in [3.05, 3.63) is 81.0 Å². The second-order valence-electron chi connectivity index (χ2n) is 5.74. The van der Waals surface area contributed by atoms with Gasteiger partial charge in [-0.05, 0) is 29.5 Å². The van der Waals surface area contributed by atoms with E-state index in [0.29, 0.717) is 5.39 Å². The molecule has 0 saturated carbocycles. The zero-order valence-electron chi connectivity index (χ0n) is 14.0. The summed E-state index contributed by atoms with van der Waals surface area (Å²) in [7, 11) is 0. The van der Waals surface area contributed by atoms with Gasteiger partial charge in [0.25, 0.3) is 5.56 Å². The Balaban J connectivity index is 1.71. The molecular weight excluding hydrogens is 362 g/mol. The molecule has 0 radical (unpaired) electrons. The Morgan fingerprint density at radius 3 is 2.77 bits per heavy atom. The Labute approximate surface area is 158 Å². The Morgan fingerprint density at radius 1 is 1.15 bits per heavy atom. The van der Waals surface area contributed by atoms with Gasteiger partial charge in [-0.15, -0.1) is 22.7 Å². The minimum atomic E-state index is -0.150. The predicted molar refractivity (Wildman–Crippen MR) is 111 cm³/mol. The molecule has 0 saturated heterocycles. The van der Waals surface area contributed by atoms with E-state index in [0.717, 1.165) is 26.4 Å². The Bertz CT molecular complexity index is 1150. The van der Waals surface area contributed by atoms with Crippen LogP contribution in [0.5, 0.6) is 0 Å². The molecule has 0 aliphatic heterocycles. The maximum atomic E-state index is 12.9. The molecule has 0 bridgehead atoms. The molecule has 128 valence electrons. The molecular formula is C20H15N3OS2. The molecule has 3 heterocycles. The van der Waals surface area contributed by atoms with E-state index in [2.05, 4.69) is 10.1 Å².